The zero-order valence-corrected chi connectivity index (χ0v) is 11.3. The lowest BCUT2D eigenvalue weighted by atomic mass is 10.0. The quantitative estimate of drug-likeness (QED) is 0.886. The summed E-state index contributed by atoms with van der Waals surface area (Å²) in [5.41, 5.74) is 1.50. The molecule has 1 atom stereocenters. The van der Waals surface area contributed by atoms with E-state index in [1.54, 1.807) is 19.2 Å². The minimum absolute atomic E-state index is 0.343. The van der Waals surface area contributed by atoms with Crippen LogP contribution in [-0.2, 0) is 11.3 Å². The zero-order chi connectivity index (χ0) is 13.7. The van der Waals surface area contributed by atoms with E-state index in [0.717, 1.165) is 25.3 Å². The Morgan fingerprint density at radius 3 is 2.74 bits per heavy atom. The van der Waals surface area contributed by atoms with E-state index in [0.29, 0.717) is 11.6 Å². The Morgan fingerprint density at radius 1 is 1.37 bits per heavy atom. The molecule has 1 aromatic rings. The first-order valence-electron chi connectivity index (χ1n) is 6.76. The summed E-state index contributed by atoms with van der Waals surface area (Å²) in [6, 6.07) is 7.64. The zero-order valence-electron chi connectivity index (χ0n) is 11.3. The highest BCUT2D eigenvalue weighted by atomic mass is 16.5. The minimum atomic E-state index is -0.873. The van der Waals surface area contributed by atoms with Crippen LogP contribution in [0.2, 0.25) is 0 Å². The van der Waals surface area contributed by atoms with E-state index < -0.39 is 5.97 Å². The Kier molecular flexibility index (Phi) is 4.93. The van der Waals surface area contributed by atoms with Crippen LogP contribution >= 0.6 is 0 Å². The van der Waals surface area contributed by atoms with E-state index in [1.807, 2.05) is 12.1 Å². The van der Waals surface area contributed by atoms with Crippen LogP contribution in [0.4, 0.5) is 0 Å². The van der Waals surface area contributed by atoms with Gasteiger partial charge in [-0.1, -0.05) is 18.6 Å². The number of carbonyl (C=O) groups is 1. The van der Waals surface area contributed by atoms with Crippen molar-refractivity contribution in [3.05, 3.63) is 35.4 Å². The number of nitrogens with zero attached hydrogens (tertiary/aromatic N) is 1. The molecular formula is C15H21NO3. The van der Waals surface area contributed by atoms with Gasteiger partial charge in [0, 0.05) is 19.7 Å². The Hall–Kier alpha value is -1.39. The van der Waals surface area contributed by atoms with Crippen LogP contribution in [0.3, 0.4) is 0 Å². The normalized spacial score (nSPS) is 20.4. The monoisotopic (exact) mass is 263 g/mol. The second-order valence-corrected chi connectivity index (χ2v) is 5.08. The van der Waals surface area contributed by atoms with Crippen molar-refractivity contribution in [2.75, 3.05) is 20.3 Å². The average Bonchev–Trinajstić information content (AvgIpc) is 2.42. The molecule has 19 heavy (non-hydrogen) atoms. The van der Waals surface area contributed by atoms with Gasteiger partial charge >= 0.3 is 5.97 Å². The number of piperidine rings is 1. The molecular weight excluding hydrogens is 242 g/mol. The lowest BCUT2D eigenvalue weighted by Gasteiger charge is -2.35. The molecule has 1 aliphatic heterocycles. The number of methoxy groups -OCH3 is 1. The second-order valence-electron chi connectivity index (χ2n) is 5.08. The number of carboxylic acids is 1. The van der Waals surface area contributed by atoms with E-state index in [1.165, 1.54) is 19.3 Å². The molecule has 0 radical (unpaired) electrons. The number of hydrogen-bond donors (Lipinski definition) is 1. The summed E-state index contributed by atoms with van der Waals surface area (Å²) in [7, 11) is 1.74. The van der Waals surface area contributed by atoms with Crippen LogP contribution in [0.25, 0.3) is 0 Å². The fourth-order valence-electron chi connectivity index (χ4n) is 2.64. The summed E-state index contributed by atoms with van der Waals surface area (Å²) in [4.78, 5) is 13.2. The molecule has 1 N–H and O–H groups in total. The predicted octanol–water partition coefficient (Wildman–Crippen LogP) is 2.39. The summed E-state index contributed by atoms with van der Waals surface area (Å²) in [6.07, 6.45) is 3.68. The molecule has 0 bridgehead atoms. The van der Waals surface area contributed by atoms with Gasteiger partial charge in [0.1, 0.15) is 0 Å². The summed E-state index contributed by atoms with van der Waals surface area (Å²) < 4.78 is 5.28. The first-order chi connectivity index (χ1) is 9.20. The Balaban J connectivity index is 2.00. The third kappa shape index (κ3) is 3.78. The van der Waals surface area contributed by atoms with Gasteiger partial charge in [0.25, 0.3) is 0 Å². The van der Waals surface area contributed by atoms with Crippen LogP contribution in [0.1, 0.15) is 35.2 Å². The first-order valence-corrected chi connectivity index (χ1v) is 6.76. The third-order valence-corrected chi connectivity index (χ3v) is 3.69. The van der Waals surface area contributed by atoms with E-state index >= 15 is 0 Å². The number of hydrogen-bond acceptors (Lipinski definition) is 3. The summed E-state index contributed by atoms with van der Waals surface area (Å²) >= 11 is 0. The molecule has 104 valence electrons. The van der Waals surface area contributed by atoms with Crippen LogP contribution < -0.4 is 0 Å². The van der Waals surface area contributed by atoms with Gasteiger partial charge < -0.3 is 9.84 Å². The molecule has 4 heteroatoms. The molecule has 0 amide bonds. The molecule has 4 nitrogen and oxygen atoms in total. The summed E-state index contributed by atoms with van der Waals surface area (Å²) in [5, 5.41) is 8.88. The number of carboxylic acid groups (broad SMARTS) is 1. The fraction of sp³-hybridized carbons (Fsp3) is 0.533. The van der Waals surface area contributed by atoms with Gasteiger partial charge in [-0.05, 0) is 37.1 Å². The number of rotatable bonds is 5. The molecule has 0 aliphatic carbocycles. The highest BCUT2D eigenvalue weighted by Crippen LogP contribution is 2.20. The number of likely N-dealkylation sites (tertiary alicyclic amines) is 1. The maximum atomic E-state index is 10.8. The van der Waals surface area contributed by atoms with Crippen molar-refractivity contribution in [1.82, 2.24) is 4.90 Å². The molecule has 0 aromatic heterocycles. The van der Waals surface area contributed by atoms with Gasteiger partial charge in [0.2, 0.25) is 0 Å². The molecule has 0 spiro atoms. The van der Waals surface area contributed by atoms with Crippen molar-refractivity contribution in [1.29, 1.82) is 0 Å². The molecule has 1 fully saturated rings. The molecule has 1 aliphatic rings. The van der Waals surface area contributed by atoms with Gasteiger partial charge in [0.05, 0.1) is 12.2 Å². The number of ether oxygens (including phenoxy) is 1. The predicted molar refractivity (Wildman–Crippen MR) is 73.3 cm³/mol. The van der Waals surface area contributed by atoms with Crippen molar-refractivity contribution in [2.24, 2.45) is 0 Å². The van der Waals surface area contributed by atoms with E-state index in [-0.39, 0.29) is 0 Å². The first kappa shape index (κ1) is 14.0. The molecule has 1 aromatic carbocycles. The Bertz CT molecular complexity index is 414. The van der Waals surface area contributed by atoms with Crippen LogP contribution in [-0.4, -0.2) is 42.3 Å². The lowest BCUT2D eigenvalue weighted by Crippen LogP contribution is -2.41. The van der Waals surface area contributed by atoms with Crippen LogP contribution in [0.5, 0.6) is 0 Å². The summed E-state index contributed by atoms with van der Waals surface area (Å²) in [5.74, 6) is -0.873. The van der Waals surface area contributed by atoms with Gasteiger partial charge in [-0.3, -0.25) is 4.90 Å². The average molecular weight is 263 g/mol. The van der Waals surface area contributed by atoms with Crippen molar-refractivity contribution in [3.8, 4) is 0 Å². The van der Waals surface area contributed by atoms with Crippen molar-refractivity contribution in [3.63, 3.8) is 0 Å². The smallest absolute Gasteiger partial charge is 0.335 e. The van der Waals surface area contributed by atoms with Crippen LogP contribution in [0, 0.1) is 0 Å². The topological polar surface area (TPSA) is 49.8 Å². The van der Waals surface area contributed by atoms with Gasteiger partial charge in [0.15, 0.2) is 0 Å². The second kappa shape index (κ2) is 6.68. The van der Waals surface area contributed by atoms with Crippen molar-refractivity contribution in [2.45, 2.75) is 31.8 Å². The van der Waals surface area contributed by atoms with Gasteiger partial charge in [-0.2, -0.15) is 0 Å². The number of aromatic carboxylic acids is 1. The molecule has 2 rings (SSSR count). The molecule has 1 saturated heterocycles. The number of benzene rings is 1. The third-order valence-electron chi connectivity index (χ3n) is 3.69. The largest absolute Gasteiger partial charge is 0.478 e. The van der Waals surface area contributed by atoms with Crippen molar-refractivity contribution < 1.29 is 14.6 Å². The lowest BCUT2D eigenvalue weighted by molar-refractivity contribution is 0.0600. The highest BCUT2D eigenvalue weighted by molar-refractivity contribution is 5.87. The minimum Gasteiger partial charge on any atom is -0.478 e. The van der Waals surface area contributed by atoms with Gasteiger partial charge in [-0.15, -0.1) is 0 Å². The Morgan fingerprint density at radius 2 is 2.11 bits per heavy atom. The molecule has 1 heterocycles. The maximum absolute atomic E-state index is 10.8. The van der Waals surface area contributed by atoms with E-state index in [2.05, 4.69) is 4.90 Å². The van der Waals surface area contributed by atoms with E-state index in [4.69, 9.17) is 9.84 Å². The standard InChI is InChI=1S/C15H21NO3/c1-19-11-14-4-2-3-9-16(14)10-12-5-7-13(8-6-12)15(17)18/h5-8,14H,2-4,9-11H2,1H3,(H,17,18)/t14-/m1/s1. The van der Waals surface area contributed by atoms with Crippen LogP contribution in [0.15, 0.2) is 24.3 Å². The maximum Gasteiger partial charge on any atom is 0.335 e. The molecule has 0 unspecified atom stereocenters. The van der Waals surface area contributed by atoms with Gasteiger partial charge in [-0.25, -0.2) is 4.79 Å². The van der Waals surface area contributed by atoms with E-state index in [9.17, 15) is 4.79 Å². The fourth-order valence-corrected chi connectivity index (χ4v) is 2.64. The summed E-state index contributed by atoms with van der Waals surface area (Å²) in [6.45, 7) is 2.73. The SMILES string of the molecule is COC[C@H]1CCCCN1Cc1ccc(C(=O)O)cc1. The van der Waals surface area contributed by atoms with Crippen molar-refractivity contribution >= 4 is 5.97 Å². The molecule has 0 saturated carbocycles. The Labute approximate surface area is 114 Å². The highest BCUT2D eigenvalue weighted by Gasteiger charge is 2.22.